The van der Waals surface area contributed by atoms with Gasteiger partial charge in [0.05, 0.1) is 6.61 Å². The number of allylic oxidation sites excluding steroid dienone is 1. The fourth-order valence-electron chi connectivity index (χ4n) is 1.56. The fraction of sp³-hybridized carbons (Fsp3) is 0.286. The molecular weight excluding hydrogens is 285 g/mol. The van der Waals surface area contributed by atoms with E-state index in [4.69, 9.17) is 4.74 Å². The Morgan fingerprint density at radius 2 is 1.95 bits per heavy atom. The third-order valence-electron chi connectivity index (χ3n) is 2.37. The van der Waals surface area contributed by atoms with Gasteiger partial charge in [-0.3, -0.25) is 0 Å². The van der Waals surface area contributed by atoms with Gasteiger partial charge < -0.3 is 15.2 Å². The molecule has 5 nitrogen and oxygen atoms in total. The molecule has 0 fully saturated rings. The number of benzene rings is 1. The largest absolute Gasteiger partial charge is 0.479 e. The normalized spacial score (nSPS) is 12.0. The minimum absolute atomic E-state index is 0. The summed E-state index contributed by atoms with van der Waals surface area (Å²) in [5, 5.41) is 12.0. The van der Waals surface area contributed by atoms with Crippen molar-refractivity contribution in [3.05, 3.63) is 47.7 Å². The van der Waals surface area contributed by atoms with E-state index in [1.807, 2.05) is 6.07 Å². The van der Waals surface area contributed by atoms with Crippen LogP contribution in [0.1, 0.15) is 25.5 Å². The van der Waals surface area contributed by atoms with E-state index in [-0.39, 0.29) is 58.0 Å². The van der Waals surface area contributed by atoms with Gasteiger partial charge in [-0.05, 0) is 19.4 Å². The zero-order valence-electron chi connectivity index (χ0n) is 11.9. The Morgan fingerprint density at radius 1 is 1.35 bits per heavy atom. The summed E-state index contributed by atoms with van der Waals surface area (Å²) in [7, 11) is 0. The number of carbonyl (C=O) groups excluding carboxylic acids is 1. The van der Waals surface area contributed by atoms with Gasteiger partial charge >= 0.3 is 11.9 Å². The van der Waals surface area contributed by atoms with Crippen LogP contribution in [-0.4, -0.2) is 75.0 Å². The summed E-state index contributed by atoms with van der Waals surface area (Å²) in [4.78, 5) is 22.5. The Hall–Kier alpha value is -0.664. The Kier molecular flexibility index (Phi) is 9.78. The minimum atomic E-state index is -1.01. The fourth-order valence-corrected chi connectivity index (χ4v) is 1.56. The molecule has 0 bridgehead atoms. The first-order valence-corrected chi connectivity index (χ1v) is 5.94. The van der Waals surface area contributed by atoms with Crippen LogP contribution in [0.5, 0.6) is 0 Å². The summed E-state index contributed by atoms with van der Waals surface area (Å²) in [6.07, 6.45) is 1.24. The van der Waals surface area contributed by atoms with Gasteiger partial charge in [0.1, 0.15) is 6.04 Å². The molecule has 1 atom stereocenters. The third-order valence-corrected chi connectivity index (χ3v) is 2.37. The number of ether oxygens (including phenoxy) is 1. The van der Waals surface area contributed by atoms with Gasteiger partial charge in [-0.25, -0.2) is 9.59 Å². The van der Waals surface area contributed by atoms with Crippen LogP contribution >= 0.6 is 0 Å². The molecule has 6 heteroatoms. The van der Waals surface area contributed by atoms with Crippen LogP contribution in [0.15, 0.2) is 42.1 Å². The molecule has 0 aromatic heterocycles. The molecule has 0 unspecified atom stereocenters. The number of hydrogen-bond donors (Lipinski definition) is 2. The average Bonchev–Trinajstić information content (AvgIpc) is 2.37. The van der Waals surface area contributed by atoms with Crippen LogP contribution < -0.4 is 5.32 Å². The number of carboxylic acid groups (broad SMARTS) is 1. The molecule has 1 rings (SSSR count). The first-order valence-electron chi connectivity index (χ1n) is 5.94. The van der Waals surface area contributed by atoms with Crippen molar-refractivity contribution < 1.29 is 19.4 Å². The quantitative estimate of drug-likeness (QED) is 0.473. The summed E-state index contributed by atoms with van der Waals surface area (Å²) in [5.41, 5.74) is 1.06. The molecule has 1 aromatic carbocycles. The van der Waals surface area contributed by atoms with Gasteiger partial charge in [-0.2, -0.15) is 0 Å². The summed E-state index contributed by atoms with van der Waals surface area (Å²) >= 11 is 0. The van der Waals surface area contributed by atoms with Crippen molar-refractivity contribution in [1.29, 1.82) is 0 Å². The summed E-state index contributed by atoms with van der Waals surface area (Å²) in [6.45, 7) is 3.61. The molecule has 2 N–H and O–H groups in total. The second-order valence-corrected chi connectivity index (χ2v) is 3.91. The molecule has 20 heavy (non-hydrogen) atoms. The van der Waals surface area contributed by atoms with E-state index in [1.165, 1.54) is 6.08 Å². The average molecular weight is 302 g/mol. The predicted octanol–water partition coefficient (Wildman–Crippen LogP) is 1.49. The van der Waals surface area contributed by atoms with Crippen LogP contribution in [0.4, 0.5) is 0 Å². The summed E-state index contributed by atoms with van der Waals surface area (Å²) < 4.78 is 4.76. The zero-order valence-corrected chi connectivity index (χ0v) is 15.0. The van der Waals surface area contributed by atoms with Crippen molar-refractivity contribution >= 4 is 63.3 Å². The van der Waals surface area contributed by atoms with Crippen LogP contribution in [0, 0.1) is 0 Å². The topological polar surface area (TPSA) is 75.6 Å². The molecule has 103 valence electrons. The van der Waals surface area contributed by atoms with E-state index in [1.54, 1.807) is 38.1 Å². The Labute approximate surface area is 160 Å². The molecular formula is C14H17KNO4. The van der Waals surface area contributed by atoms with Gasteiger partial charge in [-0.15, -0.1) is 0 Å². The van der Waals surface area contributed by atoms with Crippen LogP contribution in [-0.2, 0) is 14.3 Å². The number of rotatable bonds is 6. The number of aliphatic carboxylic acids is 1. The number of esters is 1. The third kappa shape index (κ3) is 6.67. The van der Waals surface area contributed by atoms with E-state index in [9.17, 15) is 14.7 Å². The van der Waals surface area contributed by atoms with Crippen molar-refractivity contribution in [2.75, 3.05) is 6.61 Å². The molecule has 0 spiro atoms. The number of carbonyl (C=O) groups is 2. The van der Waals surface area contributed by atoms with Gasteiger partial charge in [0.15, 0.2) is 0 Å². The van der Waals surface area contributed by atoms with Gasteiger partial charge in [0, 0.05) is 63.2 Å². The van der Waals surface area contributed by atoms with E-state index in [0.29, 0.717) is 11.3 Å². The first-order chi connectivity index (χ1) is 9.04. The predicted molar refractivity (Wildman–Crippen MR) is 76.1 cm³/mol. The number of carboxylic acids is 1. The second kappa shape index (κ2) is 10.1. The maximum atomic E-state index is 11.3. The van der Waals surface area contributed by atoms with E-state index < -0.39 is 18.0 Å². The van der Waals surface area contributed by atoms with Gasteiger partial charge in [0.2, 0.25) is 0 Å². The first kappa shape index (κ1) is 19.3. The van der Waals surface area contributed by atoms with Crippen molar-refractivity contribution in [1.82, 2.24) is 5.32 Å². The van der Waals surface area contributed by atoms with Crippen molar-refractivity contribution in [3.63, 3.8) is 0 Å². The monoisotopic (exact) mass is 302 g/mol. The number of hydrogen-bond acceptors (Lipinski definition) is 4. The maximum absolute atomic E-state index is 11.3. The van der Waals surface area contributed by atoms with Gasteiger partial charge in [-0.1, -0.05) is 30.3 Å². The molecule has 1 aromatic rings. The van der Waals surface area contributed by atoms with Crippen LogP contribution in [0.3, 0.4) is 0 Å². The Morgan fingerprint density at radius 3 is 2.45 bits per heavy atom. The van der Waals surface area contributed by atoms with E-state index in [0.717, 1.165) is 0 Å². The minimum Gasteiger partial charge on any atom is -0.479 e. The second-order valence-electron chi connectivity index (χ2n) is 3.91. The van der Waals surface area contributed by atoms with Crippen molar-refractivity contribution in [3.8, 4) is 0 Å². The zero-order chi connectivity index (χ0) is 14.3. The summed E-state index contributed by atoms with van der Waals surface area (Å²) in [6, 6.07) is 7.86. The SMILES string of the molecule is CCOC(=O)C=C(C)N[C@@H](C(=O)O)c1ccccc1.[K]. The molecule has 1 radical (unpaired) electrons. The Bertz CT molecular complexity index is 473. The molecule has 0 saturated carbocycles. The molecule has 0 amide bonds. The van der Waals surface area contributed by atoms with E-state index in [2.05, 4.69) is 5.32 Å². The summed E-state index contributed by atoms with van der Waals surface area (Å²) in [5.74, 6) is -1.51. The molecule has 0 saturated heterocycles. The maximum Gasteiger partial charge on any atom is 0.332 e. The molecule has 0 aliphatic heterocycles. The molecule has 0 heterocycles. The van der Waals surface area contributed by atoms with E-state index >= 15 is 0 Å². The van der Waals surface area contributed by atoms with Crippen molar-refractivity contribution in [2.24, 2.45) is 0 Å². The smallest absolute Gasteiger partial charge is 0.332 e. The molecule has 0 aliphatic rings. The van der Waals surface area contributed by atoms with Crippen molar-refractivity contribution in [2.45, 2.75) is 19.9 Å². The molecule has 0 aliphatic carbocycles. The number of nitrogens with one attached hydrogen (secondary N) is 1. The van der Waals surface area contributed by atoms with Crippen LogP contribution in [0.25, 0.3) is 0 Å². The van der Waals surface area contributed by atoms with Crippen LogP contribution in [0.2, 0.25) is 0 Å². The van der Waals surface area contributed by atoms with Gasteiger partial charge in [0.25, 0.3) is 0 Å². The Balaban J connectivity index is 0.00000361. The standard InChI is InChI=1S/C14H17NO4.K/c1-3-19-12(16)9-10(2)15-13(14(17)18)11-7-5-4-6-8-11;/h4-9,13,15H,3H2,1-2H3,(H,17,18);/t13-;/m1./s1.